The van der Waals surface area contributed by atoms with E-state index in [2.05, 4.69) is 11.6 Å². The van der Waals surface area contributed by atoms with Crippen molar-refractivity contribution in [1.82, 2.24) is 5.48 Å². The third-order valence-corrected chi connectivity index (χ3v) is 4.56. The average molecular weight is 358 g/mol. The molecule has 0 spiro atoms. The Morgan fingerprint density at radius 1 is 0.926 bits per heavy atom. The van der Waals surface area contributed by atoms with Gasteiger partial charge >= 0.3 is 0 Å². The summed E-state index contributed by atoms with van der Waals surface area (Å²) in [6.07, 6.45) is 0. The fourth-order valence-electron chi connectivity index (χ4n) is 3.21. The summed E-state index contributed by atoms with van der Waals surface area (Å²) in [5.74, 6) is -1.02. The number of carbonyl (C=O) groups is 1. The van der Waals surface area contributed by atoms with Crippen LogP contribution in [0, 0.1) is 5.82 Å². The molecule has 1 aliphatic heterocycles. The summed E-state index contributed by atoms with van der Waals surface area (Å²) in [6, 6.07) is 19.0. The van der Waals surface area contributed by atoms with Crippen LogP contribution in [0.3, 0.4) is 0 Å². The van der Waals surface area contributed by atoms with E-state index in [9.17, 15) is 9.18 Å². The van der Waals surface area contributed by atoms with Crippen molar-refractivity contribution >= 4 is 22.9 Å². The van der Waals surface area contributed by atoms with Gasteiger partial charge in [-0.25, -0.2) is 14.9 Å². The van der Waals surface area contributed by atoms with Gasteiger partial charge in [-0.2, -0.15) is 0 Å². The maximum Gasteiger partial charge on any atom is 0.274 e. The number of para-hydroxylation sites is 1. The molecule has 0 fully saturated rings. The van der Waals surface area contributed by atoms with Gasteiger partial charge in [-0.1, -0.05) is 55.1 Å². The van der Waals surface area contributed by atoms with Crippen LogP contribution >= 0.6 is 0 Å². The van der Waals surface area contributed by atoms with E-state index in [1.54, 1.807) is 41.9 Å². The molecule has 0 radical (unpaired) electrons. The molecule has 132 valence electrons. The standard InChI is InChI=1S/C22H15FN2O2/c1-13-16-5-2-3-6-18(16)20(24-21-17(13)7-4-8-19(21)23)14-9-11-15(12-10-14)22(26)25-27/h2-12,27H,1H2,(H,25,26). The number of nitrogens with one attached hydrogen (secondary N) is 1. The van der Waals surface area contributed by atoms with Crippen molar-refractivity contribution in [3.63, 3.8) is 0 Å². The molecule has 0 bridgehead atoms. The summed E-state index contributed by atoms with van der Waals surface area (Å²) in [5, 5.41) is 8.77. The first kappa shape index (κ1) is 16.9. The molecule has 5 heteroatoms. The van der Waals surface area contributed by atoms with Gasteiger partial charge in [0.05, 0.1) is 5.71 Å². The summed E-state index contributed by atoms with van der Waals surface area (Å²) < 4.78 is 14.5. The zero-order valence-electron chi connectivity index (χ0n) is 14.2. The number of nitrogens with zero attached hydrogens (tertiary/aromatic N) is 1. The maximum absolute atomic E-state index is 14.5. The fourth-order valence-corrected chi connectivity index (χ4v) is 3.21. The molecule has 0 aliphatic carbocycles. The fraction of sp³-hybridized carbons (Fsp3) is 0. The SMILES string of the molecule is C=C1c2ccccc2C(c2ccc(C(=O)NO)cc2)=Nc2c(F)cccc21. The second kappa shape index (κ2) is 6.63. The van der Waals surface area contributed by atoms with Crippen molar-refractivity contribution in [2.75, 3.05) is 0 Å². The summed E-state index contributed by atoms with van der Waals surface area (Å²) >= 11 is 0. The van der Waals surface area contributed by atoms with Crippen LogP contribution in [0.1, 0.15) is 32.6 Å². The van der Waals surface area contributed by atoms with Crippen molar-refractivity contribution < 1.29 is 14.4 Å². The molecular weight excluding hydrogens is 343 g/mol. The molecule has 0 unspecified atom stereocenters. The Morgan fingerprint density at radius 3 is 2.30 bits per heavy atom. The van der Waals surface area contributed by atoms with Crippen molar-refractivity contribution in [3.8, 4) is 0 Å². The van der Waals surface area contributed by atoms with E-state index in [-0.39, 0.29) is 5.69 Å². The van der Waals surface area contributed by atoms with E-state index >= 15 is 0 Å². The number of hydroxylamine groups is 1. The molecule has 1 aliphatic rings. The molecule has 0 atom stereocenters. The van der Waals surface area contributed by atoms with Gasteiger partial charge in [0.2, 0.25) is 0 Å². The predicted molar refractivity (Wildman–Crippen MR) is 102 cm³/mol. The van der Waals surface area contributed by atoms with Gasteiger partial charge in [0.1, 0.15) is 11.5 Å². The monoisotopic (exact) mass is 358 g/mol. The molecule has 3 aromatic carbocycles. The molecule has 3 aromatic rings. The van der Waals surface area contributed by atoms with E-state index in [0.717, 1.165) is 16.7 Å². The Kier molecular flexibility index (Phi) is 4.14. The van der Waals surface area contributed by atoms with E-state index < -0.39 is 11.7 Å². The van der Waals surface area contributed by atoms with Crippen LogP contribution in [-0.4, -0.2) is 16.8 Å². The maximum atomic E-state index is 14.5. The summed E-state index contributed by atoms with van der Waals surface area (Å²) in [6.45, 7) is 4.15. The minimum absolute atomic E-state index is 0.242. The van der Waals surface area contributed by atoms with Gasteiger partial charge in [-0.15, -0.1) is 0 Å². The molecule has 4 rings (SSSR count). The van der Waals surface area contributed by atoms with Gasteiger partial charge in [-0.3, -0.25) is 10.0 Å². The topological polar surface area (TPSA) is 61.7 Å². The Morgan fingerprint density at radius 2 is 1.59 bits per heavy atom. The number of fused-ring (bicyclic) bond motifs is 2. The molecule has 1 heterocycles. The van der Waals surface area contributed by atoms with Crippen molar-refractivity contribution in [2.45, 2.75) is 0 Å². The van der Waals surface area contributed by atoms with Gasteiger partial charge in [0.25, 0.3) is 5.91 Å². The highest BCUT2D eigenvalue weighted by Gasteiger charge is 2.22. The van der Waals surface area contributed by atoms with E-state index in [1.807, 2.05) is 24.3 Å². The van der Waals surface area contributed by atoms with Crippen LogP contribution in [0.2, 0.25) is 0 Å². The number of amides is 1. The van der Waals surface area contributed by atoms with Crippen molar-refractivity contribution in [1.29, 1.82) is 0 Å². The van der Waals surface area contributed by atoms with E-state index in [1.165, 1.54) is 6.07 Å². The number of carbonyl (C=O) groups excluding carboxylic acids is 1. The normalized spacial score (nSPS) is 12.5. The van der Waals surface area contributed by atoms with E-state index in [4.69, 9.17) is 5.21 Å². The first-order valence-corrected chi connectivity index (χ1v) is 8.31. The number of aliphatic imine (C=N–C) groups is 1. The molecular formula is C22H15FN2O2. The number of hydrogen-bond donors (Lipinski definition) is 2. The minimum Gasteiger partial charge on any atom is -0.288 e. The largest absolute Gasteiger partial charge is 0.288 e. The molecule has 0 saturated heterocycles. The lowest BCUT2D eigenvalue weighted by Crippen LogP contribution is -2.18. The first-order valence-electron chi connectivity index (χ1n) is 8.31. The lowest BCUT2D eigenvalue weighted by molar-refractivity contribution is 0.0706. The first-order chi connectivity index (χ1) is 13.1. The molecule has 0 aromatic heterocycles. The minimum atomic E-state index is -0.602. The smallest absolute Gasteiger partial charge is 0.274 e. The Balaban J connectivity index is 1.95. The van der Waals surface area contributed by atoms with Crippen LogP contribution < -0.4 is 5.48 Å². The number of rotatable bonds is 2. The van der Waals surface area contributed by atoms with Crippen LogP contribution in [0.15, 0.2) is 78.3 Å². The number of hydrogen-bond acceptors (Lipinski definition) is 3. The quantitative estimate of drug-likeness (QED) is 0.410. The third-order valence-electron chi connectivity index (χ3n) is 4.56. The van der Waals surface area contributed by atoms with Crippen molar-refractivity contribution in [3.05, 3.63) is 107 Å². The van der Waals surface area contributed by atoms with Crippen LogP contribution in [-0.2, 0) is 0 Å². The van der Waals surface area contributed by atoms with Crippen LogP contribution in [0.4, 0.5) is 10.1 Å². The molecule has 0 saturated carbocycles. The third kappa shape index (κ3) is 2.84. The zero-order chi connectivity index (χ0) is 19.0. The Hall–Kier alpha value is -3.57. The lowest BCUT2D eigenvalue weighted by Gasteiger charge is -2.11. The summed E-state index contributed by atoms with van der Waals surface area (Å²) in [7, 11) is 0. The van der Waals surface area contributed by atoms with Gasteiger partial charge in [0.15, 0.2) is 0 Å². The van der Waals surface area contributed by atoms with Gasteiger partial charge in [0, 0.05) is 22.3 Å². The van der Waals surface area contributed by atoms with E-state index in [0.29, 0.717) is 22.4 Å². The second-order valence-electron chi connectivity index (χ2n) is 6.14. The van der Waals surface area contributed by atoms with Crippen LogP contribution in [0.25, 0.3) is 5.57 Å². The van der Waals surface area contributed by atoms with Crippen molar-refractivity contribution in [2.24, 2.45) is 4.99 Å². The highest BCUT2D eigenvalue weighted by molar-refractivity contribution is 6.18. The molecule has 1 amide bonds. The summed E-state index contributed by atoms with van der Waals surface area (Å²) in [4.78, 5) is 16.2. The highest BCUT2D eigenvalue weighted by atomic mass is 19.1. The molecule has 27 heavy (non-hydrogen) atoms. The molecule has 4 nitrogen and oxygen atoms in total. The zero-order valence-corrected chi connectivity index (χ0v) is 14.2. The highest BCUT2D eigenvalue weighted by Crippen LogP contribution is 2.38. The van der Waals surface area contributed by atoms with Crippen LogP contribution in [0.5, 0.6) is 0 Å². The Bertz CT molecular complexity index is 1100. The number of benzene rings is 3. The Labute approximate surface area is 155 Å². The van der Waals surface area contributed by atoms with Gasteiger partial charge < -0.3 is 0 Å². The average Bonchev–Trinajstić information content (AvgIpc) is 2.84. The predicted octanol–water partition coefficient (Wildman–Crippen LogP) is 4.49. The summed E-state index contributed by atoms with van der Waals surface area (Å²) in [5.41, 5.74) is 6.52. The number of halogens is 1. The molecule has 2 N–H and O–H groups in total. The van der Waals surface area contributed by atoms with Gasteiger partial charge in [-0.05, 0) is 29.3 Å². The second-order valence-corrected chi connectivity index (χ2v) is 6.14. The lowest BCUT2D eigenvalue weighted by atomic mass is 9.91.